The number of carbonyl (C=O) groups is 1. The van der Waals surface area contributed by atoms with Gasteiger partial charge in [-0.15, -0.1) is 0 Å². The Balaban J connectivity index is 1.74. The summed E-state index contributed by atoms with van der Waals surface area (Å²) < 4.78 is 0. The largest absolute Gasteiger partial charge is 0.479 e. The Hall–Kier alpha value is -0.610. The van der Waals surface area contributed by atoms with E-state index in [4.69, 9.17) is 0 Å². The van der Waals surface area contributed by atoms with Gasteiger partial charge in [0.25, 0.3) is 0 Å². The van der Waals surface area contributed by atoms with E-state index in [2.05, 4.69) is 13.8 Å². The number of carboxylic acid groups (broad SMARTS) is 1. The molecule has 0 heterocycles. The molecule has 136 valence electrons. The maximum absolute atomic E-state index is 11.7. The third-order valence-corrected chi connectivity index (χ3v) is 9.32. The monoisotopic (exact) mass is 336 g/mol. The van der Waals surface area contributed by atoms with Crippen molar-refractivity contribution in [1.29, 1.82) is 0 Å². The minimum absolute atomic E-state index is 0.00531. The van der Waals surface area contributed by atoms with Crippen LogP contribution in [0.1, 0.15) is 71.6 Å². The minimum Gasteiger partial charge on any atom is -0.479 e. The fourth-order valence-corrected chi connectivity index (χ4v) is 8.00. The van der Waals surface area contributed by atoms with E-state index >= 15 is 0 Å². The molecule has 4 aliphatic carbocycles. The summed E-state index contributed by atoms with van der Waals surface area (Å²) in [4.78, 5) is 11.7. The Morgan fingerprint density at radius 3 is 2.50 bits per heavy atom. The highest BCUT2D eigenvalue weighted by Gasteiger charge is 2.70. The molecule has 0 aromatic rings. The molecule has 0 radical (unpaired) electrons. The zero-order chi connectivity index (χ0) is 17.4. The summed E-state index contributed by atoms with van der Waals surface area (Å²) in [5.74, 6) is -0.0360. The van der Waals surface area contributed by atoms with Crippen LogP contribution in [0.25, 0.3) is 0 Å². The van der Waals surface area contributed by atoms with E-state index in [1.807, 2.05) is 0 Å². The van der Waals surface area contributed by atoms with Crippen LogP contribution in [0.5, 0.6) is 0 Å². The van der Waals surface area contributed by atoms with Gasteiger partial charge in [-0.05, 0) is 85.4 Å². The number of fused-ring (bicyclic) bond motifs is 2. The third-order valence-electron chi connectivity index (χ3n) is 9.32. The lowest BCUT2D eigenvalue weighted by Gasteiger charge is -2.65. The topological polar surface area (TPSA) is 77.8 Å². The van der Waals surface area contributed by atoms with Crippen molar-refractivity contribution in [3.8, 4) is 0 Å². The van der Waals surface area contributed by atoms with Gasteiger partial charge in [0.15, 0.2) is 5.60 Å². The molecule has 4 saturated carbocycles. The Morgan fingerprint density at radius 2 is 1.83 bits per heavy atom. The normalized spacial score (nSPS) is 56.4. The van der Waals surface area contributed by atoms with Gasteiger partial charge in [0.2, 0.25) is 0 Å². The summed E-state index contributed by atoms with van der Waals surface area (Å²) >= 11 is 0. The molecule has 0 aromatic heterocycles. The van der Waals surface area contributed by atoms with Crippen molar-refractivity contribution in [2.24, 2.45) is 34.0 Å². The van der Waals surface area contributed by atoms with Crippen molar-refractivity contribution in [2.75, 3.05) is 6.61 Å². The molecule has 0 aliphatic heterocycles. The highest BCUT2D eigenvalue weighted by atomic mass is 16.4. The molecule has 1 spiro atoms. The number of aliphatic hydroxyl groups excluding tert-OH is 1. The van der Waals surface area contributed by atoms with Crippen LogP contribution in [0.4, 0.5) is 0 Å². The van der Waals surface area contributed by atoms with Gasteiger partial charge >= 0.3 is 5.97 Å². The number of hydrogen-bond acceptors (Lipinski definition) is 3. The first-order valence-electron chi connectivity index (χ1n) is 9.78. The van der Waals surface area contributed by atoms with Crippen molar-refractivity contribution in [3.05, 3.63) is 0 Å². The van der Waals surface area contributed by atoms with Crippen LogP contribution in [0.3, 0.4) is 0 Å². The maximum atomic E-state index is 11.7. The van der Waals surface area contributed by atoms with Crippen LogP contribution in [-0.2, 0) is 4.79 Å². The zero-order valence-electron chi connectivity index (χ0n) is 15.1. The predicted octanol–water partition coefficient (Wildman–Crippen LogP) is 3.21. The van der Waals surface area contributed by atoms with Crippen molar-refractivity contribution >= 4 is 5.97 Å². The summed E-state index contributed by atoms with van der Waals surface area (Å²) in [5.41, 5.74) is -1.14. The second-order valence-corrected chi connectivity index (χ2v) is 9.93. The third kappa shape index (κ3) is 1.79. The van der Waals surface area contributed by atoms with Crippen LogP contribution in [0.15, 0.2) is 0 Å². The first kappa shape index (κ1) is 16.8. The van der Waals surface area contributed by atoms with E-state index in [-0.39, 0.29) is 28.8 Å². The SMILES string of the molecule is CC1(CO)CCCC2(C)C1CCC1CC3CC12CCC3(O)C(=O)O. The van der Waals surface area contributed by atoms with Gasteiger partial charge in [0.05, 0.1) is 0 Å². The molecule has 4 rings (SSSR count). The number of aliphatic carboxylic acids is 1. The zero-order valence-corrected chi connectivity index (χ0v) is 15.1. The lowest BCUT2D eigenvalue weighted by molar-refractivity contribution is -0.193. The molecule has 0 saturated heterocycles. The number of rotatable bonds is 2. The first-order chi connectivity index (χ1) is 11.2. The van der Waals surface area contributed by atoms with Gasteiger partial charge in [-0.1, -0.05) is 20.3 Å². The molecule has 4 heteroatoms. The van der Waals surface area contributed by atoms with Crippen LogP contribution < -0.4 is 0 Å². The van der Waals surface area contributed by atoms with E-state index in [1.54, 1.807) is 0 Å². The molecular weight excluding hydrogens is 304 g/mol. The maximum Gasteiger partial charge on any atom is 0.335 e. The van der Waals surface area contributed by atoms with Crippen LogP contribution in [0.2, 0.25) is 0 Å². The molecule has 0 aromatic carbocycles. The molecule has 2 bridgehead atoms. The quantitative estimate of drug-likeness (QED) is 0.723. The molecule has 24 heavy (non-hydrogen) atoms. The summed E-state index contributed by atoms with van der Waals surface area (Å²) in [6, 6.07) is 0. The summed E-state index contributed by atoms with van der Waals surface area (Å²) in [7, 11) is 0. The highest BCUT2D eigenvalue weighted by Crippen LogP contribution is 2.75. The Bertz CT molecular complexity index is 562. The number of hydrogen-bond donors (Lipinski definition) is 3. The molecule has 4 fully saturated rings. The fourth-order valence-electron chi connectivity index (χ4n) is 8.00. The van der Waals surface area contributed by atoms with Gasteiger partial charge in [0.1, 0.15) is 0 Å². The highest BCUT2D eigenvalue weighted by molar-refractivity contribution is 5.78. The molecule has 7 atom stereocenters. The van der Waals surface area contributed by atoms with Crippen LogP contribution >= 0.6 is 0 Å². The van der Waals surface area contributed by atoms with Crippen molar-refractivity contribution in [3.63, 3.8) is 0 Å². The fraction of sp³-hybridized carbons (Fsp3) is 0.950. The number of carboxylic acids is 1. The summed E-state index contributed by atoms with van der Waals surface area (Å²) in [6.45, 7) is 4.95. The van der Waals surface area contributed by atoms with Crippen molar-refractivity contribution < 1.29 is 20.1 Å². The van der Waals surface area contributed by atoms with E-state index < -0.39 is 11.6 Å². The summed E-state index contributed by atoms with van der Waals surface area (Å²) in [5, 5.41) is 30.5. The standard InChI is InChI=1S/C20H32O4/c1-17(12-21)6-3-7-18(2)15(17)5-4-13-10-14-11-19(13,18)8-9-20(14,24)16(22)23/h13-15,21,24H,3-12H2,1-2H3,(H,22,23). The average Bonchev–Trinajstić information content (AvgIpc) is 2.88. The Morgan fingerprint density at radius 1 is 1.08 bits per heavy atom. The molecule has 3 N–H and O–H groups in total. The number of aliphatic hydroxyl groups is 2. The van der Waals surface area contributed by atoms with E-state index in [0.29, 0.717) is 18.3 Å². The second-order valence-electron chi connectivity index (χ2n) is 9.93. The van der Waals surface area contributed by atoms with E-state index in [0.717, 1.165) is 44.9 Å². The summed E-state index contributed by atoms with van der Waals surface area (Å²) in [6.07, 6.45) is 8.74. The Kier molecular flexibility index (Phi) is 3.49. The van der Waals surface area contributed by atoms with Crippen molar-refractivity contribution in [2.45, 2.75) is 77.2 Å². The van der Waals surface area contributed by atoms with E-state index in [9.17, 15) is 20.1 Å². The van der Waals surface area contributed by atoms with Gasteiger partial charge in [-0.2, -0.15) is 0 Å². The van der Waals surface area contributed by atoms with Gasteiger partial charge < -0.3 is 15.3 Å². The van der Waals surface area contributed by atoms with Gasteiger partial charge in [0, 0.05) is 6.61 Å². The van der Waals surface area contributed by atoms with E-state index in [1.165, 1.54) is 6.42 Å². The average molecular weight is 336 g/mol. The molecule has 0 amide bonds. The van der Waals surface area contributed by atoms with Gasteiger partial charge in [-0.25, -0.2) is 4.79 Å². The molecule has 4 nitrogen and oxygen atoms in total. The van der Waals surface area contributed by atoms with Crippen molar-refractivity contribution in [1.82, 2.24) is 0 Å². The lowest BCUT2D eigenvalue weighted by Crippen LogP contribution is -2.60. The minimum atomic E-state index is -1.51. The lowest BCUT2D eigenvalue weighted by atomic mass is 9.39. The molecular formula is C20H32O4. The molecule has 4 aliphatic rings. The smallest absolute Gasteiger partial charge is 0.335 e. The second kappa shape index (κ2) is 4.97. The first-order valence-corrected chi connectivity index (χ1v) is 9.78. The molecule has 7 unspecified atom stereocenters. The van der Waals surface area contributed by atoms with Crippen LogP contribution in [-0.4, -0.2) is 33.5 Å². The Labute approximate surface area is 144 Å². The predicted molar refractivity (Wildman–Crippen MR) is 90.3 cm³/mol. The van der Waals surface area contributed by atoms with Crippen LogP contribution in [0, 0.1) is 34.0 Å². The van der Waals surface area contributed by atoms with Gasteiger partial charge in [-0.3, -0.25) is 0 Å².